The van der Waals surface area contributed by atoms with Gasteiger partial charge < -0.3 is 15.4 Å². The van der Waals surface area contributed by atoms with Crippen molar-refractivity contribution in [1.29, 1.82) is 5.26 Å². The Labute approximate surface area is 172 Å². The largest absolute Gasteiger partial charge is 0.480 e. The first-order chi connectivity index (χ1) is 14.8. The second-order valence-electron chi connectivity index (χ2n) is 6.06. The number of aromatic nitrogens is 5. The third kappa shape index (κ3) is 4.13. The van der Waals surface area contributed by atoms with Crippen molar-refractivity contribution in [2.45, 2.75) is 0 Å². The van der Waals surface area contributed by atoms with Gasteiger partial charge in [0.15, 0.2) is 0 Å². The Kier molecular flexibility index (Phi) is 5.39. The van der Waals surface area contributed by atoms with E-state index in [1.807, 2.05) is 24.3 Å². The molecule has 4 rings (SSSR count). The maximum absolute atomic E-state index is 9.55. The normalized spacial score (nSPS) is 10.1. The number of methoxy groups -OCH3 is 1. The fourth-order valence-electron chi connectivity index (χ4n) is 2.76. The summed E-state index contributed by atoms with van der Waals surface area (Å²) in [5.74, 6) is 1.20. The van der Waals surface area contributed by atoms with E-state index in [0.29, 0.717) is 17.3 Å². The van der Waals surface area contributed by atoms with Crippen molar-refractivity contribution in [3.05, 3.63) is 73.1 Å². The summed E-state index contributed by atoms with van der Waals surface area (Å²) in [6.45, 7) is 0. The molecule has 0 bridgehead atoms. The summed E-state index contributed by atoms with van der Waals surface area (Å²) in [6.07, 6.45) is 9.69. The van der Waals surface area contributed by atoms with Crippen LogP contribution in [0.25, 0.3) is 11.3 Å². The topological polar surface area (TPSA) is 122 Å². The zero-order valence-corrected chi connectivity index (χ0v) is 15.9. The number of anilines is 4. The molecular weight excluding hydrogens is 380 g/mol. The van der Waals surface area contributed by atoms with Crippen molar-refractivity contribution >= 4 is 23.0 Å². The van der Waals surface area contributed by atoms with Crippen LogP contribution in [0.1, 0.15) is 5.56 Å². The summed E-state index contributed by atoms with van der Waals surface area (Å²) in [6, 6.07) is 11.5. The van der Waals surface area contributed by atoms with Crippen LogP contribution in [-0.2, 0) is 0 Å². The predicted octanol–water partition coefficient (Wildman–Crippen LogP) is 3.70. The standard InChI is InChI=1S/C21H16N8O/c1-30-21-16(11-22)17(28-20-13-24-7-9-26-20)10-19(29-21)27-15-4-2-14(3-5-15)18-12-23-6-8-25-18/h2-10,12-13H,1H3,(H2,26,27,28,29). The molecule has 3 heterocycles. The number of pyridine rings is 1. The van der Waals surface area contributed by atoms with Gasteiger partial charge in [-0.15, -0.1) is 0 Å². The number of nitrogens with one attached hydrogen (secondary N) is 2. The third-order valence-corrected chi connectivity index (χ3v) is 4.13. The first-order valence-electron chi connectivity index (χ1n) is 8.92. The molecule has 0 spiro atoms. The molecule has 1 aromatic carbocycles. The van der Waals surface area contributed by atoms with Crippen molar-refractivity contribution in [1.82, 2.24) is 24.9 Å². The van der Waals surface area contributed by atoms with Crippen molar-refractivity contribution in [3.63, 3.8) is 0 Å². The van der Waals surface area contributed by atoms with E-state index >= 15 is 0 Å². The van der Waals surface area contributed by atoms with Gasteiger partial charge in [0, 0.05) is 42.1 Å². The highest BCUT2D eigenvalue weighted by atomic mass is 16.5. The summed E-state index contributed by atoms with van der Waals surface area (Å²) in [5.41, 5.74) is 3.32. The first-order valence-corrected chi connectivity index (χ1v) is 8.92. The fourth-order valence-corrected chi connectivity index (χ4v) is 2.76. The molecule has 9 nitrogen and oxygen atoms in total. The minimum Gasteiger partial charge on any atom is -0.480 e. The van der Waals surface area contributed by atoms with E-state index in [2.05, 4.69) is 41.6 Å². The third-order valence-electron chi connectivity index (χ3n) is 4.13. The predicted molar refractivity (Wildman–Crippen MR) is 112 cm³/mol. The van der Waals surface area contributed by atoms with Crippen LogP contribution in [0.5, 0.6) is 5.88 Å². The van der Waals surface area contributed by atoms with Gasteiger partial charge in [-0.05, 0) is 12.1 Å². The van der Waals surface area contributed by atoms with Gasteiger partial charge in [0.2, 0.25) is 5.88 Å². The summed E-state index contributed by atoms with van der Waals surface area (Å²) in [5, 5.41) is 15.9. The van der Waals surface area contributed by atoms with Gasteiger partial charge in [0.1, 0.15) is 23.3 Å². The Morgan fingerprint density at radius 3 is 2.30 bits per heavy atom. The average Bonchev–Trinajstić information content (AvgIpc) is 2.80. The van der Waals surface area contributed by atoms with Crippen LogP contribution in [0.2, 0.25) is 0 Å². The summed E-state index contributed by atoms with van der Waals surface area (Å²) in [4.78, 5) is 21.0. The Morgan fingerprint density at radius 2 is 1.67 bits per heavy atom. The molecule has 0 unspecified atom stereocenters. The molecule has 0 aliphatic heterocycles. The van der Waals surface area contributed by atoms with E-state index in [1.165, 1.54) is 7.11 Å². The second kappa shape index (κ2) is 8.62. The molecule has 9 heteroatoms. The second-order valence-corrected chi connectivity index (χ2v) is 6.06. The summed E-state index contributed by atoms with van der Waals surface area (Å²) < 4.78 is 5.31. The SMILES string of the molecule is COc1nc(Nc2ccc(-c3cnccn3)cc2)cc(Nc2cnccn2)c1C#N. The van der Waals surface area contributed by atoms with Crippen LogP contribution >= 0.6 is 0 Å². The molecular formula is C21H16N8O. The molecule has 0 radical (unpaired) electrons. The smallest absolute Gasteiger partial charge is 0.235 e. The Morgan fingerprint density at radius 1 is 0.900 bits per heavy atom. The highest BCUT2D eigenvalue weighted by Crippen LogP contribution is 2.30. The van der Waals surface area contributed by atoms with Crippen LogP contribution in [0, 0.1) is 11.3 Å². The van der Waals surface area contributed by atoms with Gasteiger partial charge in [-0.1, -0.05) is 12.1 Å². The molecule has 2 N–H and O–H groups in total. The summed E-state index contributed by atoms with van der Waals surface area (Å²) >= 11 is 0. The Balaban J connectivity index is 1.62. The highest BCUT2D eigenvalue weighted by Gasteiger charge is 2.14. The lowest BCUT2D eigenvalue weighted by molar-refractivity contribution is 0.397. The summed E-state index contributed by atoms with van der Waals surface area (Å²) in [7, 11) is 1.47. The number of benzene rings is 1. The van der Waals surface area contributed by atoms with Gasteiger partial charge in [0.05, 0.1) is 30.9 Å². The highest BCUT2D eigenvalue weighted by molar-refractivity contribution is 5.73. The van der Waals surface area contributed by atoms with Gasteiger partial charge in [-0.25, -0.2) is 4.98 Å². The first kappa shape index (κ1) is 18.8. The maximum atomic E-state index is 9.55. The van der Waals surface area contributed by atoms with Crippen molar-refractivity contribution in [2.75, 3.05) is 17.7 Å². The van der Waals surface area contributed by atoms with Crippen LogP contribution in [0.15, 0.2) is 67.5 Å². The molecule has 3 aromatic heterocycles. The minimum atomic E-state index is 0.199. The van der Waals surface area contributed by atoms with Crippen LogP contribution in [0.3, 0.4) is 0 Å². The van der Waals surface area contributed by atoms with Gasteiger partial charge >= 0.3 is 0 Å². The van der Waals surface area contributed by atoms with E-state index in [4.69, 9.17) is 4.74 Å². The van der Waals surface area contributed by atoms with E-state index in [1.54, 1.807) is 43.2 Å². The maximum Gasteiger partial charge on any atom is 0.235 e. The quantitative estimate of drug-likeness (QED) is 0.502. The van der Waals surface area contributed by atoms with Gasteiger partial charge in [-0.3, -0.25) is 15.0 Å². The lowest BCUT2D eigenvalue weighted by Crippen LogP contribution is -2.03. The number of rotatable bonds is 6. The molecule has 0 aliphatic carbocycles. The molecule has 0 amide bonds. The lowest BCUT2D eigenvalue weighted by atomic mass is 10.1. The van der Waals surface area contributed by atoms with Crippen LogP contribution in [0.4, 0.5) is 23.0 Å². The molecule has 4 aromatic rings. The minimum absolute atomic E-state index is 0.199. The average molecular weight is 396 g/mol. The fraction of sp³-hybridized carbons (Fsp3) is 0.0476. The van der Waals surface area contributed by atoms with Crippen molar-refractivity contribution < 1.29 is 4.74 Å². The van der Waals surface area contributed by atoms with E-state index in [-0.39, 0.29) is 11.4 Å². The molecule has 146 valence electrons. The van der Waals surface area contributed by atoms with Gasteiger partial charge in [-0.2, -0.15) is 10.2 Å². The van der Waals surface area contributed by atoms with Crippen molar-refractivity contribution in [3.8, 4) is 23.2 Å². The molecule has 0 fully saturated rings. The molecule has 0 atom stereocenters. The van der Waals surface area contributed by atoms with Crippen LogP contribution in [-0.4, -0.2) is 32.0 Å². The van der Waals surface area contributed by atoms with Crippen molar-refractivity contribution in [2.24, 2.45) is 0 Å². The molecule has 0 saturated carbocycles. The molecule has 0 saturated heterocycles. The Bertz CT molecular complexity index is 1180. The van der Waals surface area contributed by atoms with Gasteiger partial charge in [0.25, 0.3) is 0 Å². The number of hydrogen-bond acceptors (Lipinski definition) is 9. The zero-order chi connectivity index (χ0) is 20.8. The number of nitriles is 1. The monoisotopic (exact) mass is 396 g/mol. The van der Waals surface area contributed by atoms with Crippen LogP contribution < -0.4 is 15.4 Å². The number of hydrogen-bond donors (Lipinski definition) is 2. The van der Waals surface area contributed by atoms with E-state index in [9.17, 15) is 5.26 Å². The Hall–Kier alpha value is -4.58. The number of nitrogens with zero attached hydrogens (tertiary/aromatic N) is 6. The molecule has 0 aliphatic rings. The zero-order valence-electron chi connectivity index (χ0n) is 15.9. The lowest BCUT2D eigenvalue weighted by Gasteiger charge is -2.13. The van der Waals surface area contributed by atoms with E-state index in [0.717, 1.165) is 16.9 Å². The van der Waals surface area contributed by atoms with E-state index < -0.39 is 0 Å². The molecule has 30 heavy (non-hydrogen) atoms. The number of ether oxygens (including phenoxy) is 1.